The smallest absolute Gasteiger partial charge is 0.225 e. The number of aromatic nitrogens is 2. The third-order valence-corrected chi connectivity index (χ3v) is 3.53. The second-order valence-corrected chi connectivity index (χ2v) is 4.87. The van der Waals surface area contributed by atoms with Gasteiger partial charge >= 0.3 is 0 Å². The van der Waals surface area contributed by atoms with Crippen molar-refractivity contribution in [3.63, 3.8) is 0 Å². The van der Waals surface area contributed by atoms with Gasteiger partial charge in [0.25, 0.3) is 0 Å². The quantitative estimate of drug-likeness (QED) is 0.774. The monoisotopic (exact) mass is 262 g/mol. The molecule has 1 aliphatic heterocycles. The molecule has 19 heavy (non-hydrogen) atoms. The Morgan fingerprint density at radius 1 is 1.21 bits per heavy atom. The lowest BCUT2D eigenvalue weighted by atomic mass is 10.1. The van der Waals surface area contributed by atoms with E-state index >= 15 is 0 Å². The van der Waals surface area contributed by atoms with Crippen LogP contribution in [0.2, 0.25) is 0 Å². The van der Waals surface area contributed by atoms with Crippen molar-refractivity contribution < 1.29 is 4.79 Å². The highest BCUT2D eigenvalue weighted by molar-refractivity contribution is 5.77. The highest BCUT2D eigenvalue weighted by Crippen LogP contribution is 2.10. The number of carbonyl (C=O) groups excluding carboxylic acids is 1. The van der Waals surface area contributed by atoms with Gasteiger partial charge in [0.2, 0.25) is 5.95 Å². The van der Waals surface area contributed by atoms with E-state index in [4.69, 9.17) is 0 Å². The van der Waals surface area contributed by atoms with Crippen LogP contribution in [0.5, 0.6) is 0 Å². The van der Waals surface area contributed by atoms with Gasteiger partial charge in [0.05, 0.1) is 0 Å². The minimum Gasteiger partial charge on any atom is -0.338 e. The Kier molecular flexibility index (Phi) is 5.27. The number of nitrogens with zero attached hydrogens (tertiary/aromatic N) is 4. The molecule has 0 aliphatic carbocycles. The molecule has 0 saturated carbocycles. The molecule has 1 aromatic rings. The van der Waals surface area contributed by atoms with Crippen molar-refractivity contribution >= 4 is 11.7 Å². The molecule has 1 fully saturated rings. The van der Waals surface area contributed by atoms with Crippen molar-refractivity contribution in [2.24, 2.45) is 0 Å². The number of anilines is 1. The molecule has 0 radical (unpaired) electrons. The van der Waals surface area contributed by atoms with Gasteiger partial charge < -0.3 is 4.90 Å². The first-order valence-electron chi connectivity index (χ1n) is 7.05. The van der Waals surface area contributed by atoms with Gasteiger partial charge in [0.1, 0.15) is 5.78 Å². The van der Waals surface area contributed by atoms with E-state index in [1.807, 2.05) is 13.0 Å². The summed E-state index contributed by atoms with van der Waals surface area (Å²) < 4.78 is 0. The fourth-order valence-corrected chi connectivity index (χ4v) is 2.30. The van der Waals surface area contributed by atoms with E-state index in [2.05, 4.69) is 19.8 Å². The zero-order valence-corrected chi connectivity index (χ0v) is 11.6. The van der Waals surface area contributed by atoms with Crippen LogP contribution in [0.3, 0.4) is 0 Å². The Labute approximate surface area is 114 Å². The van der Waals surface area contributed by atoms with Crippen LogP contribution in [0.4, 0.5) is 5.95 Å². The molecule has 0 atom stereocenters. The summed E-state index contributed by atoms with van der Waals surface area (Å²) in [7, 11) is 0. The van der Waals surface area contributed by atoms with Gasteiger partial charge in [-0.15, -0.1) is 0 Å². The molecule has 104 valence electrons. The van der Waals surface area contributed by atoms with Crippen molar-refractivity contribution in [1.29, 1.82) is 0 Å². The van der Waals surface area contributed by atoms with Gasteiger partial charge in [0, 0.05) is 51.4 Å². The molecule has 0 unspecified atom stereocenters. The predicted molar refractivity (Wildman–Crippen MR) is 75.2 cm³/mol. The maximum atomic E-state index is 11.2. The molecule has 5 heteroatoms. The number of carbonyl (C=O) groups is 1. The minimum absolute atomic E-state index is 0.372. The zero-order chi connectivity index (χ0) is 13.5. The molecule has 0 aromatic carbocycles. The van der Waals surface area contributed by atoms with Crippen LogP contribution >= 0.6 is 0 Å². The molecule has 1 aromatic heterocycles. The first-order valence-corrected chi connectivity index (χ1v) is 7.05. The van der Waals surface area contributed by atoms with Crippen molar-refractivity contribution in [1.82, 2.24) is 14.9 Å². The number of Topliss-reactive ketones (excluding diaryl/α,β-unsaturated/α-hetero) is 1. The third kappa shape index (κ3) is 4.28. The van der Waals surface area contributed by atoms with E-state index in [1.165, 1.54) is 0 Å². The van der Waals surface area contributed by atoms with Crippen LogP contribution in [-0.4, -0.2) is 53.4 Å². The first kappa shape index (κ1) is 13.9. The third-order valence-electron chi connectivity index (χ3n) is 3.53. The van der Waals surface area contributed by atoms with E-state index in [0.29, 0.717) is 12.2 Å². The average molecular weight is 262 g/mol. The topological polar surface area (TPSA) is 49.3 Å². The SMILES string of the molecule is CCC(=O)CCCN1CCN(c2ncccn2)CC1. The predicted octanol–water partition coefficient (Wildman–Crippen LogP) is 1.36. The summed E-state index contributed by atoms with van der Waals surface area (Å²) >= 11 is 0. The van der Waals surface area contributed by atoms with Crippen LogP contribution in [0.25, 0.3) is 0 Å². The van der Waals surface area contributed by atoms with Gasteiger partial charge in [-0.3, -0.25) is 9.69 Å². The summed E-state index contributed by atoms with van der Waals surface area (Å²) in [6.45, 7) is 6.94. The van der Waals surface area contributed by atoms with Crippen LogP contribution in [0, 0.1) is 0 Å². The normalized spacial score (nSPS) is 16.6. The zero-order valence-electron chi connectivity index (χ0n) is 11.6. The van der Waals surface area contributed by atoms with Crippen molar-refractivity contribution in [2.75, 3.05) is 37.6 Å². The number of hydrogen-bond donors (Lipinski definition) is 0. The molecular weight excluding hydrogens is 240 g/mol. The number of rotatable bonds is 6. The lowest BCUT2D eigenvalue weighted by Crippen LogP contribution is -2.47. The molecule has 2 heterocycles. The summed E-state index contributed by atoms with van der Waals surface area (Å²) in [5, 5.41) is 0. The summed E-state index contributed by atoms with van der Waals surface area (Å²) in [5.41, 5.74) is 0. The van der Waals surface area contributed by atoms with Crippen LogP contribution in [0.1, 0.15) is 26.2 Å². The number of hydrogen-bond acceptors (Lipinski definition) is 5. The van der Waals surface area contributed by atoms with E-state index in [9.17, 15) is 4.79 Å². The van der Waals surface area contributed by atoms with Crippen LogP contribution in [-0.2, 0) is 4.79 Å². The lowest BCUT2D eigenvalue weighted by Gasteiger charge is -2.34. The summed E-state index contributed by atoms with van der Waals surface area (Å²) in [6.07, 6.45) is 5.93. The van der Waals surface area contributed by atoms with Crippen molar-refractivity contribution in [2.45, 2.75) is 26.2 Å². The second kappa shape index (κ2) is 7.19. The van der Waals surface area contributed by atoms with Crippen molar-refractivity contribution in [3.8, 4) is 0 Å². The lowest BCUT2D eigenvalue weighted by molar-refractivity contribution is -0.118. The number of ketones is 1. The van der Waals surface area contributed by atoms with E-state index < -0.39 is 0 Å². The fraction of sp³-hybridized carbons (Fsp3) is 0.643. The largest absolute Gasteiger partial charge is 0.338 e. The Bertz CT molecular complexity index is 388. The van der Waals surface area contributed by atoms with Gasteiger partial charge in [-0.05, 0) is 19.0 Å². The number of piperazine rings is 1. The standard InChI is InChI=1S/C14H22N4O/c1-2-13(19)5-3-8-17-9-11-18(12-10-17)14-15-6-4-7-16-14/h4,6-7H,2-3,5,8-12H2,1H3. The highest BCUT2D eigenvalue weighted by atomic mass is 16.1. The molecular formula is C14H22N4O. The average Bonchev–Trinajstić information content (AvgIpc) is 2.48. The Morgan fingerprint density at radius 2 is 1.89 bits per heavy atom. The fourth-order valence-electron chi connectivity index (χ4n) is 2.30. The maximum absolute atomic E-state index is 11.2. The van der Waals surface area contributed by atoms with Gasteiger partial charge in [-0.2, -0.15) is 0 Å². The molecule has 5 nitrogen and oxygen atoms in total. The molecule has 1 saturated heterocycles. The summed E-state index contributed by atoms with van der Waals surface area (Å²) in [4.78, 5) is 24.4. The van der Waals surface area contributed by atoms with E-state index in [1.54, 1.807) is 12.4 Å². The van der Waals surface area contributed by atoms with Crippen molar-refractivity contribution in [3.05, 3.63) is 18.5 Å². The summed E-state index contributed by atoms with van der Waals surface area (Å²) in [5.74, 6) is 1.19. The van der Waals surface area contributed by atoms with Crippen LogP contribution in [0.15, 0.2) is 18.5 Å². The molecule has 0 spiro atoms. The highest BCUT2D eigenvalue weighted by Gasteiger charge is 2.18. The Morgan fingerprint density at radius 3 is 2.53 bits per heavy atom. The molecule has 0 N–H and O–H groups in total. The molecule has 2 rings (SSSR count). The summed E-state index contributed by atoms with van der Waals surface area (Å²) in [6, 6.07) is 1.84. The van der Waals surface area contributed by atoms with Gasteiger partial charge in [-0.25, -0.2) is 9.97 Å². The van der Waals surface area contributed by atoms with Crippen LogP contribution < -0.4 is 4.90 Å². The van der Waals surface area contributed by atoms with E-state index in [0.717, 1.165) is 51.5 Å². The van der Waals surface area contributed by atoms with Gasteiger partial charge in [0.15, 0.2) is 0 Å². The van der Waals surface area contributed by atoms with E-state index in [-0.39, 0.29) is 0 Å². The molecule has 0 bridgehead atoms. The Hall–Kier alpha value is -1.49. The molecule has 1 aliphatic rings. The van der Waals surface area contributed by atoms with Gasteiger partial charge in [-0.1, -0.05) is 6.92 Å². The second-order valence-electron chi connectivity index (χ2n) is 4.87. The maximum Gasteiger partial charge on any atom is 0.225 e. The first-order chi connectivity index (χ1) is 9.29. The minimum atomic E-state index is 0.372. The molecule has 0 amide bonds. The Balaban J connectivity index is 1.69.